The number of nitrogens with one attached hydrogen (secondary N) is 1. The van der Waals surface area contributed by atoms with Crippen LogP contribution in [0.4, 0.5) is 0 Å². The lowest BCUT2D eigenvalue weighted by Gasteiger charge is -2.20. The average molecular weight is 1040 g/mol. The van der Waals surface area contributed by atoms with Crippen molar-refractivity contribution in [2.75, 3.05) is 13.2 Å². The number of amides is 1. The van der Waals surface area contributed by atoms with Gasteiger partial charge in [0.1, 0.15) is 0 Å². The Morgan fingerprint density at radius 1 is 0.378 bits per heavy atom. The highest BCUT2D eigenvalue weighted by molar-refractivity contribution is 5.76. The zero-order valence-corrected chi connectivity index (χ0v) is 49.6. The van der Waals surface area contributed by atoms with E-state index in [9.17, 15) is 19.8 Å². The number of aliphatic hydroxyl groups is 2. The number of carbonyl (C=O) groups is 2. The highest BCUT2D eigenvalue weighted by atomic mass is 16.5. The van der Waals surface area contributed by atoms with Gasteiger partial charge in [-0.25, -0.2) is 0 Å². The molecule has 1 amide bonds. The van der Waals surface area contributed by atoms with E-state index < -0.39 is 12.1 Å². The van der Waals surface area contributed by atoms with E-state index in [1.54, 1.807) is 6.08 Å². The molecule has 74 heavy (non-hydrogen) atoms. The van der Waals surface area contributed by atoms with E-state index >= 15 is 0 Å². The first-order valence-corrected chi connectivity index (χ1v) is 32.9. The van der Waals surface area contributed by atoms with Crippen molar-refractivity contribution < 1.29 is 24.5 Å². The van der Waals surface area contributed by atoms with Crippen LogP contribution in [0.3, 0.4) is 0 Å². The van der Waals surface area contributed by atoms with Gasteiger partial charge in [0.05, 0.1) is 25.4 Å². The van der Waals surface area contributed by atoms with Crippen LogP contribution in [0, 0.1) is 0 Å². The van der Waals surface area contributed by atoms with Gasteiger partial charge in [-0.3, -0.25) is 9.59 Å². The van der Waals surface area contributed by atoms with Gasteiger partial charge in [-0.1, -0.05) is 294 Å². The highest BCUT2D eigenvalue weighted by Gasteiger charge is 2.18. The molecular formula is C68H127NO5. The van der Waals surface area contributed by atoms with Crippen molar-refractivity contribution >= 4 is 11.9 Å². The molecule has 3 N–H and O–H groups in total. The first-order chi connectivity index (χ1) is 36.5. The van der Waals surface area contributed by atoms with Gasteiger partial charge < -0.3 is 20.3 Å². The number of allylic oxidation sites excluding steroid dienone is 7. The molecular weight excluding hydrogens is 911 g/mol. The van der Waals surface area contributed by atoms with Gasteiger partial charge in [0.25, 0.3) is 0 Å². The zero-order chi connectivity index (χ0) is 53.6. The van der Waals surface area contributed by atoms with Crippen molar-refractivity contribution in [2.45, 2.75) is 360 Å². The lowest BCUT2D eigenvalue weighted by atomic mass is 10.0. The maximum absolute atomic E-state index is 12.5. The Kier molecular flexibility index (Phi) is 61.5. The fourth-order valence-corrected chi connectivity index (χ4v) is 10.0. The minimum absolute atomic E-state index is 0.0258. The summed E-state index contributed by atoms with van der Waals surface area (Å²) in [7, 11) is 0. The molecule has 0 aliphatic heterocycles. The molecule has 0 spiro atoms. The molecule has 6 heteroatoms. The van der Waals surface area contributed by atoms with Gasteiger partial charge in [-0.15, -0.1) is 0 Å². The van der Waals surface area contributed by atoms with Gasteiger partial charge in [0.2, 0.25) is 5.91 Å². The summed E-state index contributed by atoms with van der Waals surface area (Å²) in [6.07, 6.45) is 81.6. The van der Waals surface area contributed by atoms with E-state index in [2.05, 4.69) is 55.6 Å². The van der Waals surface area contributed by atoms with Gasteiger partial charge in [-0.2, -0.15) is 0 Å². The molecule has 0 saturated heterocycles. The first-order valence-electron chi connectivity index (χ1n) is 32.9. The van der Waals surface area contributed by atoms with Crippen LogP contribution in [0.5, 0.6) is 0 Å². The highest BCUT2D eigenvalue weighted by Crippen LogP contribution is 2.17. The molecule has 0 heterocycles. The fourth-order valence-electron chi connectivity index (χ4n) is 10.0. The second-order valence-corrected chi connectivity index (χ2v) is 22.5. The largest absolute Gasteiger partial charge is 0.466 e. The van der Waals surface area contributed by atoms with Crippen LogP contribution in [-0.2, 0) is 14.3 Å². The van der Waals surface area contributed by atoms with Crippen molar-refractivity contribution in [2.24, 2.45) is 0 Å². The molecule has 0 aromatic rings. The quantitative estimate of drug-likeness (QED) is 0.0244. The van der Waals surface area contributed by atoms with Crippen LogP contribution >= 0.6 is 0 Å². The van der Waals surface area contributed by atoms with E-state index in [0.29, 0.717) is 19.4 Å². The van der Waals surface area contributed by atoms with Crippen molar-refractivity contribution in [1.82, 2.24) is 5.32 Å². The lowest BCUT2D eigenvalue weighted by molar-refractivity contribution is -0.143. The molecule has 0 bridgehead atoms. The van der Waals surface area contributed by atoms with E-state index in [1.807, 2.05) is 6.08 Å². The van der Waals surface area contributed by atoms with Crippen molar-refractivity contribution in [3.8, 4) is 0 Å². The van der Waals surface area contributed by atoms with E-state index in [1.165, 1.54) is 244 Å². The molecule has 0 fully saturated rings. The summed E-state index contributed by atoms with van der Waals surface area (Å²) >= 11 is 0. The summed E-state index contributed by atoms with van der Waals surface area (Å²) in [4.78, 5) is 24.6. The molecule has 2 unspecified atom stereocenters. The zero-order valence-electron chi connectivity index (χ0n) is 49.6. The van der Waals surface area contributed by atoms with Gasteiger partial charge in [0, 0.05) is 12.8 Å². The number of esters is 1. The molecule has 434 valence electrons. The van der Waals surface area contributed by atoms with Crippen LogP contribution in [0.15, 0.2) is 48.6 Å². The Hall–Kier alpha value is -2.18. The SMILES string of the molecule is CCCCCCCC/C=C\CCCCCCCCCC(=O)OCCCCC/C=C\C=C/CCCCCCCCC(=O)NC(CO)C(O)/C=C/CCCCCCCCCCCCCCCCCCCCCCCCC. The van der Waals surface area contributed by atoms with Crippen LogP contribution in [-0.4, -0.2) is 47.4 Å². The minimum Gasteiger partial charge on any atom is -0.466 e. The summed E-state index contributed by atoms with van der Waals surface area (Å²) in [6, 6.07) is -0.647. The van der Waals surface area contributed by atoms with Crippen LogP contribution < -0.4 is 5.32 Å². The third kappa shape index (κ3) is 59.1. The number of unbranched alkanes of at least 4 members (excludes halogenated alkanes) is 45. The van der Waals surface area contributed by atoms with Gasteiger partial charge in [0.15, 0.2) is 0 Å². The molecule has 0 aliphatic carbocycles. The molecule has 0 aromatic heterocycles. The number of hydrogen-bond acceptors (Lipinski definition) is 5. The smallest absolute Gasteiger partial charge is 0.305 e. The fraction of sp³-hybridized carbons (Fsp3) is 0.853. The number of ether oxygens (including phenoxy) is 1. The summed E-state index contributed by atoms with van der Waals surface area (Å²) in [5.74, 6) is -0.114. The maximum Gasteiger partial charge on any atom is 0.305 e. The third-order valence-electron chi connectivity index (χ3n) is 15.1. The summed E-state index contributed by atoms with van der Waals surface area (Å²) in [5.41, 5.74) is 0. The Morgan fingerprint density at radius 2 is 0.676 bits per heavy atom. The van der Waals surface area contributed by atoms with Crippen LogP contribution in [0.2, 0.25) is 0 Å². The topological polar surface area (TPSA) is 95.9 Å². The number of rotatable bonds is 61. The molecule has 0 rings (SSSR count). The number of carbonyl (C=O) groups excluding carboxylic acids is 2. The summed E-state index contributed by atoms with van der Waals surface area (Å²) in [6.45, 7) is 4.86. The standard InChI is InChI=1S/C68H127NO5/c1-3-5-7-9-11-13-15-17-19-21-22-23-24-25-26-27-28-30-32-36-40-44-48-52-56-60-66(71)65(64-70)69-67(72)61-57-53-49-45-41-37-33-31-35-39-43-47-51-55-59-63-74-68(73)62-58-54-50-46-42-38-34-29-20-18-16-14-12-10-8-6-4-2/h18,20,31,35,39,43,56,60,65-66,70-71H,3-17,19,21-30,32-34,36-38,40-42,44-55,57-59,61-64H2,1-2H3,(H,69,72)/b20-18-,35-31-,43-39-,60-56+. The third-order valence-corrected chi connectivity index (χ3v) is 15.1. The Morgan fingerprint density at radius 3 is 1.04 bits per heavy atom. The van der Waals surface area contributed by atoms with Crippen molar-refractivity contribution in [1.29, 1.82) is 0 Å². The van der Waals surface area contributed by atoms with E-state index in [4.69, 9.17) is 4.74 Å². The normalized spacial score (nSPS) is 12.9. The summed E-state index contributed by atoms with van der Waals surface area (Å²) in [5, 5.41) is 23.2. The Labute approximate surface area is 461 Å². The van der Waals surface area contributed by atoms with Crippen molar-refractivity contribution in [3.05, 3.63) is 48.6 Å². The molecule has 0 saturated carbocycles. The maximum atomic E-state index is 12.5. The van der Waals surface area contributed by atoms with Crippen LogP contribution in [0.1, 0.15) is 348 Å². The molecule has 0 aliphatic rings. The van der Waals surface area contributed by atoms with Crippen molar-refractivity contribution in [3.63, 3.8) is 0 Å². The molecule has 6 nitrogen and oxygen atoms in total. The second kappa shape index (κ2) is 63.4. The minimum atomic E-state index is -0.862. The van der Waals surface area contributed by atoms with Gasteiger partial charge >= 0.3 is 5.97 Å². The predicted molar refractivity (Wildman–Crippen MR) is 324 cm³/mol. The molecule has 0 aromatic carbocycles. The Balaban J connectivity index is 3.53. The summed E-state index contributed by atoms with van der Waals surface area (Å²) < 4.78 is 5.46. The molecule has 2 atom stereocenters. The molecule has 0 radical (unpaired) electrons. The van der Waals surface area contributed by atoms with Gasteiger partial charge in [-0.05, 0) is 89.9 Å². The average Bonchev–Trinajstić information content (AvgIpc) is 3.40. The second-order valence-electron chi connectivity index (χ2n) is 22.5. The Bertz CT molecular complexity index is 1240. The first kappa shape index (κ1) is 71.8. The number of hydrogen-bond donors (Lipinski definition) is 3. The van der Waals surface area contributed by atoms with E-state index in [0.717, 1.165) is 77.0 Å². The monoisotopic (exact) mass is 1040 g/mol. The number of aliphatic hydroxyl groups excluding tert-OH is 2. The lowest BCUT2D eigenvalue weighted by Crippen LogP contribution is -2.45. The predicted octanol–water partition coefficient (Wildman–Crippen LogP) is 20.9. The van der Waals surface area contributed by atoms with E-state index in [-0.39, 0.29) is 18.5 Å². The van der Waals surface area contributed by atoms with Crippen LogP contribution in [0.25, 0.3) is 0 Å².